The maximum absolute atomic E-state index is 11.4. The molecule has 8 heteroatoms. The SMILES string of the molecule is Cn1cc(-c2cccc(-c3ncc(-c4cnn([C@H]5CCC[C@H](C(=O)O)C5)c4)cn3)c2)cn1. The molecule has 1 saturated carbocycles. The first-order chi connectivity index (χ1) is 15.6. The van der Waals surface area contributed by atoms with Crippen molar-refractivity contribution in [1.82, 2.24) is 29.5 Å². The number of nitrogens with zero attached hydrogens (tertiary/aromatic N) is 6. The molecule has 1 aromatic carbocycles. The molecule has 0 radical (unpaired) electrons. The summed E-state index contributed by atoms with van der Waals surface area (Å²) in [4.78, 5) is 20.5. The van der Waals surface area contributed by atoms with Crippen molar-refractivity contribution >= 4 is 5.97 Å². The number of carbonyl (C=O) groups is 1. The molecule has 0 amide bonds. The molecule has 5 rings (SSSR count). The van der Waals surface area contributed by atoms with Gasteiger partial charge in [-0.15, -0.1) is 0 Å². The molecule has 0 aliphatic heterocycles. The van der Waals surface area contributed by atoms with Gasteiger partial charge in [-0.1, -0.05) is 24.6 Å². The summed E-state index contributed by atoms with van der Waals surface area (Å²) in [7, 11) is 1.90. The van der Waals surface area contributed by atoms with Crippen molar-refractivity contribution < 1.29 is 9.90 Å². The van der Waals surface area contributed by atoms with E-state index in [1.54, 1.807) is 23.3 Å². The minimum atomic E-state index is -0.710. The highest BCUT2D eigenvalue weighted by atomic mass is 16.4. The van der Waals surface area contributed by atoms with Gasteiger partial charge in [0.05, 0.1) is 24.4 Å². The van der Waals surface area contributed by atoms with Crippen LogP contribution in [0.2, 0.25) is 0 Å². The zero-order valence-corrected chi connectivity index (χ0v) is 17.8. The van der Waals surface area contributed by atoms with Crippen LogP contribution in [0.4, 0.5) is 0 Å². The molecule has 1 aliphatic rings. The number of carboxylic acids is 1. The molecule has 32 heavy (non-hydrogen) atoms. The normalized spacial score (nSPS) is 18.5. The molecule has 0 unspecified atom stereocenters. The molecule has 0 bridgehead atoms. The van der Waals surface area contributed by atoms with Gasteiger partial charge in [0.25, 0.3) is 0 Å². The van der Waals surface area contributed by atoms with E-state index in [9.17, 15) is 9.90 Å². The number of aromatic nitrogens is 6. The fourth-order valence-electron chi connectivity index (χ4n) is 4.35. The summed E-state index contributed by atoms with van der Waals surface area (Å²) in [6.07, 6.45) is 14.4. The van der Waals surface area contributed by atoms with Crippen LogP contribution in [-0.2, 0) is 11.8 Å². The molecule has 1 aliphatic carbocycles. The molecular weight excluding hydrogens is 404 g/mol. The second-order valence-corrected chi connectivity index (χ2v) is 8.34. The molecule has 1 N–H and O–H groups in total. The predicted octanol–water partition coefficient (Wildman–Crippen LogP) is 4.22. The van der Waals surface area contributed by atoms with E-state index in [1.165, 1.54) is 0 Å². The molecule has 162 valence electrons. The Kier molecular flexibility index (Phi) is 5.26. The first-order valence-electron chi connectivity index (χ1n) is 10.8. The average molecular weight is 428 g/mol. The molecule has 3 heterocycles. The highest BCUT2D eigenvalue weighted by molar-refractivity contribution is 5.70. The first kappa shape index (κ1) is 20.1. The van der Waals surface area contributed by atoms with Gasteiger partial charge in [0.15, 0.2) is 5.82 Å². The minimum Gasteiger partial charge on any atom is -0.481 e. The topological polar surface area (TPSA) is 98.7 Å². The van der Waals surface area contributed by atoms with Crippen molar-refractivity contribution in [3.05, 3.63) is 61.4 Å². The van der Waals surface area contributed by atoms with Gasteiger partial charge in [0.2, 0.25) is 0 Å². The summed E-state index contributed by atoms with van der Waals surface area (Å²) in [5.41, 5.74) is 4.87. The Bertz CT molecular complexity index is 1240. The van der Waals surface area contributed by atoms with Crippen LogP contribution in [0.15, 0.2) is 61.4 Å². The maximum atomic E-state index is 11.4. The van der Waals surface area contributed by atoms with E-state index < -0.39 is 5.97 Å². The lowest BCUT2D eigenvalue weighted by Gasteiger charge is -2.26. The lowest BCUT2D eigenvalue weighted by molar-refractivity contribution is -0.143. The van der Waals surface area contributed by atoms with Crippen LogP contribution >= 0.6 is 0 Å². The third-order valence-electron chi connectivity index (χ3n) is 6.12. The fourth-order valence-corrected chi connectivity index (χ4v) is 4.35. The standard InChI is InChI=1S/C24H24N6O2/c1-29-14-20(12-27-29)16-4-2-5-17(8-16)23-25-10-19(11-26-23)21-13-28-30(15-21)22-7-3-6-18(9-22)24(31)32/h2,4-5,8,10-15,18,22H,3,6-7,9H2,1H3,(H,31,32)/t18-,22-/m0/s1. The van der Waals surface area contributed by atoms with Crippen molar-refractivity contribution in [1.29, 1.82) is 0 Å². The Balaban J connectivity index is 1.34. The van der Waals surface area contributed by atoms with Gasteiger partial charge in [-0.05, 0) is 30.9 Å². The van der Waals surface area contributed by atoms with E-state index in [2.05, 4.69) is 26.2 Å². The zero-order chi connectivity index (χ0) is 22.1. The molecule has 4 aromatic rings. The first-order valence-corrected chi connectivity index (χ1v) is 10.8. The lowest BCUT2D eigenvalue weighted by atomic mass is 9.86. The van der Waals surface area contributed by atoms with E-state index >= 15 is 0 Å². The number of hydrogen-bond acceptors (Lipinski definition) is 5. The van der Waals surface area contributed by atoms with E-state index in [1.807, 2.05) is 48.5 Å². The van der Waals surface area contributed by atoms with Gasteiger partial charge >= 0.3 is 5.97 Å². The molecule has 0 spiro atoms. The summed E-state index contributed by atoms with van der Waals surface area (Å²) in [6.45, 7) is 0. The van der Waals surface area contributed by atoms with E-state index in [0.717, 1.165) is 47.1 Å². The lowest BCUT2D eigenvalue weighted by Crippen LogP contribution is -2.24. The highest BCUT2D eigenvalue weighted by Crippen LogP contribution is 2.33. The van der Waals surface area contributed by atoms with Gasteiger partial charge < -0.3 is 5.11 Å². The van der Waals surface area contributed by atoms with Crippen LogP contribution < -0.4 is 0 Å². The second kappa shape index (κ2) is 8.37. The van der Waals surface area contributed by atoms with E-state index in [0.29, 0.717) is 12.2 Å². The number of benzene rings is 1. The summed E-state index contributed by atoms with van der Waals surface area (Å²) in [5, 5.41) is 18.1. The Labute approximate surface area is 185 Å². The number of carboxylic acid groups (broad SMARTS) is 1. The number of hydrogen-bond donors (Lipinski definition) is 1. The van der Waals surface area contributed by atoms with E-state index in [-0.39, 0.29) is 12.0 Å². The van der Waals surface area contributed by atoms with Crippen LogP contribution in [-0.4, -0.2) is 40.6 Å². The number of aryl methyl sites for hydroxylation is 1. The van der Waals surface area contributed by atoms with Gasteiger partial charge in [0, 0.05) is 54.1 Å². The summed E-state index contributed by atoms with van der Waals surface area (Å²) >= 11 is 0. The van der Waals surface area contributed by atoms with Crippen LogP contribution in [0.25, 0.3) is 33.6 Å². The monoisotopic (exact) mass is 428 g/mol. The maximum Gasteiger partial charge on any atom is 0.306 e. The van der Waals surface area contributed by atoms with Gasteiger partial charge in [-0.3, -0.25) is 14.2 Å². The Morgan fingerprint density at radius 3 is 2.44 bits per heavy atom. The van der Waals surface area contributed by atoms with Gasteiger partial charge in [-0.2, -0.15) is 10.2 Å². The molecule has 2 atom stereocenters. The minimum absolute atomic E-state index is 0.119. The van der Waals surface area contributed by atoms with Crippen LogP contribution in [0, 0.1) is 5.92 Å². The molecule has 3 aromatic heterocycles. The van der Waals surface area contributed by atoms with Crippen molar-refractivity contribution in [2.24, 2.45) is 13.0 Å². The smallest absolute Gasteiger partial charge is 0.306 e. The average Bonchev–Trinajstić information content (AvgIpc) is 3.49. The summed E-state index contributed by atoms with van der Waals surface area (Å²) in [6, 6.07) is 8.21. The summed E-state index contributed by atoms with van der Waals surface area (Å²) < 4.78 is 3.68. The van der Waals surface area contributed by atoms with Crippen LogP contribution in [0.1, 0.15) is 31.7 Å². The molecule has 0 saturated heterocycles. The van der Waals surface area contributed by atoms with Crippen molar-refractivity contribution in [3.8, 4) is 33.6 Å². The largest absolute Gasteiger partial charge is 0.481 e. The van der Waals surface area contributed by atoms with Crippen molar-refractivity contribution in [2.45, 2.75) is 31.7 Å². The van der Waals surface area contributed by atoms with Crippen molar-refractivity contribution in [2.75, 3.05) is 0 Å². The van der Waals surface area contributed by atoms with Crippen LogP contribution in [0.3, 0.4) is 0 Å². The third-order valence-corrected chi connectivity index (χ3v) is 6.12. The zero-order valence-electron chi connectivity index (χ0n) is 17.8. The number of rotatable bonds is 5. The Morgan fingerprint density at radius 2 is 1.69 bits per heavy atom. The van der Waals surface area contributed by atoms with E-state index in [4.69, 9.17) is 0 Å². The van der Waals surface area contributed by atoms with Crippen molar-refractivity contribution in [3.63, 3.8) is 0 Å². The van der Waals surface area contributed by atoms with Gasteiger partial charge in [-0.25, -0.2) is 9.97 Å². The Morgan fingerprint density at radius 1 is 0.938 bits per heavy atom. The number of aliphatic carboxylic acids is 1. The van der Waals surface area contributed by atoms with Crippen LogP contribution in [0.5, 0.6) is 0 Å². The molecule has 1 fully saturated rings. The quantitative estimate of drug-likeness (QED) is 0.511. The molecular formula is C24H24N6O2. The van der Waals surface area contributed by atoms with Gasteiger partial charge in [0.1, 0.15) is 0 Å². The molecule has 8 nitrogen and oxygen atoms in total. The fraction of sp³-hybridized carbons (Fsp3) is 0.292. The Hall–Kier alpha value is -3.81. The third kappa shape index (κ3) is 4.03. The second-order valence-electron chi connectivity index (χ2n) is 8.34. The highest BCUT2D eigenvalue weighted by Gasteiger charge is 2.28. The summed E-state index contributed by atoms with van der Waals surface area (Å²) in [5.74, 6) is -0.339. The predicted molar refractivity (Wildman–Crippen MR) is 120 cm³/mol.